The molecule has 0 aliphatic carbocycles. The van der Waals surface area contributed by atoms with Gasteiger partial charge in [0.2, 0.25) is 5.03 Å². The van der Waals surface area contributed by atoms with Crippen molar-refractivity contribution < 1.29 is 9.67 Å². The number of nitrogens with zero attached hydrogens (tertiary/aromatic N) is 1. The molecule has 2 nitrogen and oxygen atoms in total. The minimum Gasteiger partial charge on any atom is -0.390 e. The molecule has 1 N–H and O–H groups in total. The fourth-order valence-electron chi connectivity index (χ4n) is 0.938. The van der Waals surface area contributed by atoms with Crippen LogP contribution in [0.3, 0.4) is 0 Å². The molecule has 0 radical (unpaired) electrons. The topological polar surface area (TPSA) is 24.1 Å². The molecule has 0 saturated heterocycles. The number of thioether (sulfide) groups is 1. The molecular weight excluding hydrogens is 158 g/mol. The van der Waals surface area contributed by atoms with Gasteiger partial charge in [-0.15, -0.1) is 0 Å². The van der Waals surface area contributed by atoms with Crippen molar-refractivity contribution in [2.75, 3.05) is 12.9 Å². The molecule has 1 heterocycles. The second-order valence-electron chi connectivity index (χ2n) is 2.16. The first-order valence-electron chi connectivity index (χ1n) is 3.52. The van der Waals surface area contributed by atoms with Gasteiger partial charge < -0.3 is 5.11 Å². The first-order valence-corrected chi connectivity index (χ1v) is 4.74. The molecule has 1 aromatic heterocycles. The van der Waals surface area contributed by atoms with E-state index in [4.69, 9.17) is 5.11 Å². The van der Waals surface area contributed by atoms with Crippen LogP contribution in [0, 0.1) is 0 Å². The summed E-state index contributed by atoms with van der Waals surface area (Å²) < 4.78 is 2.03. The largest absolute Gasteiger partial charge is 0.390 e. The van der Waals surface area contributed by atoms with Crippen LogP contribution in [0.1, 0.15) is 0 Å². The Morgan fingerprint density at radius 1 is 1.55 bits per heavy atom. The molecule has 0 amide bonds. The van der Waals surface area contributed by atoms with E-state index in [0.717, 1.165) is 0 Å². The normalized spacial score (nSPS) is 10.0. The van der Waals surface area contributed by atoms with Crippen LogP contribution in [-0.2, 0) is 6.54 Å². The highest BCUT2D eigenvalue weighted by Crippen LogP contribution is 2.06. The summed E-state index contributed by atoms with van der Waals surface area (Å²) in [4.78, 5) is 0. The van der Waals surface area contributed by atoms with Crippen LogP contribution in [0.2, 0.25) is 0 Å². The van der Waals surface area contributed by atoms with Crippen LogP contribution in [0.5, 0.6) is 0 Å². The molecule has 0 saturated carbocycles. The Morgan fingerprint density at radius 2 is 2.36 bits per heavy atom. The quantitative estimate of drug-likeness (QED) is 0.533. The Kier molecular flexibility index (Phi) is 3.39. The van der Waals surface area contributed by atoms with Gasteiger partial charge in [-0.05, 0) is 12.3 Å². The molecular formula is C8H12NOS+. The Hall–Kier alpha value is -0.540. The number of hydrogen-bond donors (Lipinski definition) is 1. The molecule has 0 atom stereocenters. The molecule has 0 aliphatic heterocycles. The van der Waals surface area contributed by atoms with Gasteiger partial charge in [-0.3, -0.25) is 0 Å². The first-order chi connectivity index (χ1) is 5.38. The van der Waals surface area contributed by atoms with E-state index in [-0.39, 0.29) is 6.61 Å². The Morgan fingerprint density at radius 3 is 3.00 bits per heavy atom. The van der Waals surface area contributed by atoms with Gasteiger partial charge in [0.05, 0.1) is 0 Å². The van der Waals surface area contributed by atoms with Crippen molar-refractivity contribution in [1.29, 1.82) is 0 Å². The lowest BCUT2D eigenvalue weighted by Gasteiger charge is -1.97. The summed E-state index contributed by atoms with van der Waals surface area (Å²) in [6.07, 6.45) is 4.01. The number of aromatic nitrogens is 1. The molecule has 0 spiro atoms. The monoisotopic (exact) mass is 170 g/mol. The summed E-state index contributed by atoms with van der Waals surface area (Å²) in [6.45, 7) is 0.874. The second kappa shape index (κ2) is 4.36. The summed E-state index contributed by atoms with van der Waals surface area (Å²) in [5.41, 5.74) is 0. The molecule has 0 unspecified atom stereocenters. The van der Waals surface area contributed by atoms with Crippen molar-refractivity contribution in [2.24, 2.45) is 0 Å². The molecule has 11 heavy (non-hydrogen) atoms. The van der Waals surface area contributed by atoms with E-state index in [1.54, 1.807) is 11.8 Å². The van der Waals surface area contributed by atoms with E-state index >= 15 is 0 Å². The van der Waals surface area contributed by atoms with E-state index in [9.17, 15) is 0 Å². The lowest BCUT2D eigenvalue weighted by molar-refractivity contribution is -0.733. The minimum atomic E-state index is 0.197. The fourth-order valence-corrected chi connectivity index (χ4v) is 1.54. The fraction of sp³-hybridized carbons (Fsp3) is 0.375. The summed E-state index contributed by atoms with van der Waals surface area (Å²) in [6, 6.07) is 6.01. The van der Waals surface area contributed by atoms with Crippen LogP contribution >= 0.6 is 11.8 Å². The Labute approximate surface area is 70.9 Å². The summed E-state index contributed by atoms with van der Waals surface area (Å²) in [5.74, 6) is 0. The van der Waals surface area contributed by atoms with Gasteiger partial charge >= 0.3 is 0 Å². The average Bonchev–Trinajstić information content (AvgIpc) is 2.06. The smallest absolute Gasteiger partial charge is 0.239 e. The molecule has 1 rings (SSSR count). The Balaban J connectivity index is 2.83. The molecule has 3 heteroatoms. The Bertz CT molecular complexity index is 227. The van der Waals surface area contributed by atoms with Crippen LogP contribution in [0.25, 0.3) is 0 Å². The number of aliphatic hydroxyl groups excluding tert-OH is 1. The highest BCUT2D eigenvalue weighted by atomic mass is 32.2. The molecule has 0 bridgehead atoms. The summed E-state index contributed by atoms with van der Waals surface area (Å²) in [5, 5.41) is 9.89. The van der Waals surface area contributed by atoms with Gasteiger partial charge in [0.25, 0.3) is 0 Å². The molecule has 1 aromatic rings. The highest BCUT2D eigenvalue weighted by molar-refractivity contribution is 7.98. The third kappa shape index (κ3) is 2.20. The van der Waals surface area contributed by atoms with Crippen LogP contribution in [0.4, 0.5) is 0 Å². The zero-order valence-electron chi connectivity index (χ0n) is 6.53. The SMILES string of the molecule is CSc1cccc[n+]1CCO. The molecule has 60 valence electrons. The number of pyridine rings is 1. The van der Waals surface area contributed by atoms with Crippen molar-refractivity contribution >= 4 is 11.8 Å². The predicted molar refractivity (Wildman–Crippen MR) is 45.5 cm³/mol. The minimum absolute atomic E-state index is 0.197. The first kappa shape index (κ1) is 8.56. The zero-order valence-corrected chi connectivity index (χ0v) is 7.34. The van der Waals surface area contributed by atoms with Gasteiger partial charge in [0.1, 0.15) is 6.61 Å². The van der Waals surface area contributed by atoms with Gasteiger partial charge in [-0.2, -0.15) is 4.57 Å². The van der Waals surface area contributed by atoms with Crippen molar-refractivity contribution in [1.82, 2.24) is 0 Å². The predicted octanol–water partition coefficient (Wildman–Crippen LogP) is 0.688. The van der Waals surface area contributed by atoms with Crippen LogP contribution in [-0.4, -0.2) is 18.0 Å². The van der Waals surface area contributed by atoms with Gasteiger partial charge in [-0.25, -0.2) is 0 Å². The van der Waals surface area contributed by atoms with Gasteiger partial charge in [-0.1, -0.05) is 11.8 Å². The van der Waals surface area contributed by atoms with Crippen molar-refractivity contribution in [2.45, 2.75) is 11.6 Å². The molecule has 0 fully saturated rings. The number of rotatable bonds is 3. The van der Waals surface area contributed by atoms with Crippen LogP contribution < -0.4 is 4.57 Å². The number of aliphatic hydroxyl groups is 1. The summed E-state index contributed by atoms with van der Waals surface area (Å²) >= 11 is 1.69. The number of hydrogen-bond acceptors (Lipinski definition) is 2. The van der Waals surface area contributed by atoms with Gasteiger partial charge in [0, 0.05) is 12.1 Å². The lowest BCUT2D eigenvalue weighted by Crippen LogP contribution is -2.37. The van der Waals surface area contributed by atoms with Gasteiger partial charge in [0.15, 0.2) is 12.7 Å². The third-order valence-electron chi connectivity index (χ3n) is 1.45. The van der Waals surface area contributed by atoms with E-state index < -0.39 is 0 Å². The maximum Gasteiger partial charge on any atom is 0.239 e. The maximum absolute atomic E-state index is 8.71. The van der Waals surface area contributed by atoms with Crippen molar-refractivity contribution in [3.05, 3.63) is 24.4 Å². The molecule has 0 aromatic carbocycles. The van der Waals surface area contributed by atoms with E-state index in [1.807, 2.05) is 35.2 Å². The van der Waals surface area contributed by atoms with E-state index in [0.29, 0.717) is 6.54 Å². The average molecular weight is 170 g/mol. The second-order valence-corrected chi connectivity index (χ2v) is 2.99. The van der Waals surface area contributed by atoms with Crippen molar-refractivity contribution in [3.63, 3.8) is 0 Å². The standard InChI is InChI=1S/C8H12NOS/c1-11-8-4-2-3-5-9(8)6-7-10/h2-5,10H,6-7H2,1H3/q+1. The summed E-state index contributed by atoms with van der Waals surface area (Å²) in [7, 11) is 0. The third-order valence-corrected chi connectivity index (χ3v) is 2.24. The zero-order chi connectivity index (χ0) is 8.10. The lowest BCUT2D eigenvalue weighted by atomic mass is 10.5. The van der Waals surface area contributed by atoms with Crippen molar-refractivity contribution in [3.8, 4) is 0 Å². The maximum atomic E-state index is 8.71. The van der Waals surface area contributed by atoms with E-state index in [1.165, 1.54) is 5.03 Å². The van der Waals surface area contributed by atoms with Crippen LogP contribution in [0.15, 0.2) is 29.4 Å². The van der Waals surface area contributed by atoms with E-state index in [2.05, 4.69) is 0 Å². The molecule has 0 aliphatic rings. The highest BCUT2D eigenvalue weighted by Gasteiger charge is 2.05.